The van der Waals surface area contributed by atoms with Gasteiger partial charge >= 0.3 is 10.4 Å². The first-order valence-electron chi connectivity index (χ1n) is 8.63. The van der Waals surface area contributed by atoms with Gasteiger partial charge in [-0.3, -0.25) is 9.11 Å². The average Bonchev–Trinajstić information content (AvgIpc) is 2.68. The second-order valence-electron chi connectivity index (χ2n) is 5.53. The Morgan fingerprint density at radius 1 is 0.655 bits per heavy atom. The van der Waals surface area contributed by atoms with E-state index in [1.165, 1.54) is 10.8 Å². The Kier molecular flexibility index (Phi) is 12.5. The highest BCUT2D eigenvalue weighted by molar-refractivity contribution is 7.91. The number of nitrogen functional groups attached to an aromatic ring is 1. The average molecular weight is 442 g/mol. The minimum atomic E-state index is -4.67. The van der Waals surface area contributed by atoms with Gasteiger partial charge in [0.15, 0.2) is 0 Å². The second kappa shape index (κ2) is 13.7. The van der Waals surface area contributed by atoms with Crippen LogP contribution in [0.4, 0.5) is 5.69 Å². The van der Waals surface area contributed by atoms with E-state index in [2.05, 4.69) is 48.5 Å². The normalized spacial score (nSPS) is 10.3. The van der Waals surface area contributed by atoms with Gasteiger partial charge in [-0.05, 0) is 22.9 Å². The number of nitrogens with two attached hydrogens (primary N) is 1. The Morgan fingerprint density at radius 3 is 1.10 bits per heavy atom. The molecule has 0 unspecified atom stereocenters. The zero-order valence-corrected chi connectivity index (χ0v) is 18.0. The van der Waals surface area contributed by atoms with Crippen LogP contribution in [0.1, 0.15) is 13.8 Å². The largest absolute Gasteiger partial charge is 0.399 e. The maximum Gasteiger partial charge on any atom is 0.394 e. The summed E-state index contributed by atoms with van der Waals surface area (Å²) in [5.74, 6) is 0.535. The van der Waals surface area contributed by atoms with Crippen molar-refractivity contribution >= 4 is 36.7 Å². The van der Waals surface area contributed by atoms with E-state index in [1.807, 2.05) is 30.3 Å². The monoisotopic (exact) mass is 441 g/mol. The fourth-order valence-corrected chi connectivity index (χ4v) is 2.20. The van der Waals surface area contributed by atoms with Crippen LogP contribution in [0.3, 0.4) is 0 Å². The number of sulfone groups is 1. The Balaban J connectivity index is 0.000000374. The molecule has 0 atom stereocenters. The maximum absolute atomic E-state index is 10.4. The van der Waals surface area contributed by atoms with Gasteiger partial charge in [0.1, 0.15) is 9.84 Å². The molecule has 0 aliphatic heterocycles. The van der Waals surface area contributed by atoms with Crippen molar-refractivity contribution in [1.29, 1.82) is 0 Å². The Bertz CT molecular complexity index is 953. The molecule has 0 heterocycles. The van der Waals surface area contributed by atoms with Gasteiger partial charge in [-0.15, -0.1) is 0 Å². The third kappa shape index (κ3) is 16.2. The highest BCUT2D eigenvalue weighted by atomic mass is 32.3. The summed E-state index contributed by atoms with van der Waals surface area (Å²) >= 11 is 0. The maximum atomic E-state index is 10.4. The fraction of sp³-hybridized carbons (Fsp3) is 0.200. The van der Waals surface area contributed by atoms with Crippen LogP contribution >= 0.6 is 0 Å². The third-order valence-corrected chi connectivity index (χ3v) is 5.10. The van der Waals surface area contributed by atoms with Gasteiger partial charge < -0.3 is 5.73 Å². The van der Waals surface area contributed by atoms with Gasteiger partial charge in [-0.1, -0.05) is 80.6 Å². The van der Waals surface area contributed by atoms with Gasteiger partial charge in [0.2, 0.25) is 0 Å². The van der Waals surface area contributed by atoms with E-state index < -0.39 is 20.2 Å². The molecule has 0 amide bonds. The van der Waals surface area contributed by atoms with Crippen LogP contribution in [0.2, 0.25) is 0 Å². The zero-order chi connectivity index (χ0) is 22.3. The molecule has 0 fully saturated rings. The summed E-state index contributed by atoms with van der Waals surface area (Å²) in [4.78, 5) is 0. The van der Waals surface area contributed by atoms with Crippen LogP contribution in [0, 0.1) is 0 Å². The van der Waals surface area contributed by atoms with Crippen molar-refractivity contribution < 1.29 is 25.9 Å². The lowest BCUT2D eigenvalue weighted by Gasteiger charge is -1.92. The molecular formula is C20H27NO6S2. The first kappa shape index (κ1) is 26.5. The van der Waals surface area contributed by atoms with Crippen LogP contribution in [-0.2, 0) is 20.2 Å². The van der Waals surface area contributed by atoms with E-state index in [-0.39, 0.29) is 11.5 Å². The molecule has 7 nitrogen and oxygen atoms in total. The van der Waals surface area contributed by atoms with E-state index in [4.69, 9.17) is 23.3 Å². The molecule has 0 radical (unpaired) electrons. The summed E-state index contributed by atoms with van der Waals surface area (Å²) in [6, 6.07) is 26.2. The highest BCUT2D eigenvalue weighted by Gasteiger charge is 1.99. The first-order valence-corrected chi connectivity index (χ1v) is 11.8. The molecule has 3 aromatic rings. The number of hydrogen-bond donors (Lipinski definition) is 3. The summed E-state index contributed by atoms with van der Waals surface area (Å²) in [5, 5.41) is 2.62. The molecule has 0 aliphatic carbocycles. The fourth-order valence-electron chi connectivity index (χ4n) is 1.79. The van der Waals surface area contributed by atoms with E-state index in [0.717, 1.165) is 5.69 Å². The van der Waals surface area contributed by atoms with Crippen molar-refractivity contribution in [2.75, 3.05) is 17.2 Å². The first-order chi connectivity index (χ1) is 13.5. The SMILES string of the molecule is CCS(=O)(=O)CC.Nc1ccccc1.O=S(=O)(O)O.c1ccc2ccccc2c1. The van der Waals surface area contributed by atoms with E-state index in [0.29, 0.717) is 0 Å². The van der Waals surface area contributed by atoms with Crippen molar-refractivity contribution in [3.05, 3.63) is 78.9 Å². The van der Waals surface area contributed by atoms with Gasteiger partial charge in [-0.25, -0.2) is 8.42 Å². The lowest BCUT2D eigenvalue weighted by atomic mass is 10.1. The molecule has 29 heavy (non-hydrogen) atoms. The molecule has 0 aromatic heterocycles. The third-order valence-electron chi connectivity index (χ3n) is 3.34. The Morgan fingerprint density at radius 2 is 0.931 bits per heavy atom. The highest BCUT2D eigenvalue weighted by Crippen LogP contribution is 2.11. The van der Waals surface area contributed by atoms with Crippen molar-refractivity contribution in [3.8, 4) is 0 Å². The number of anilines is 1. The molecule has 0 spiro atoms. The van der Waals surface area contributed by atoms with Gasteiger partial charge in [0.25, 0.3) is 0 Å². The molecule has 3 rings (SSSR count). The van der Waals surface area contributed by atoms with E-state index in [1.54, 1.807) is 13.8 Å². The van der Waals surface area contributed by atoms with Crippen LogP contribution < -0.4 is 5.73 Å². The van der Waals surface area contributed by atoms with Crippen molar-refractivity contribution in [2.24, 2.45) is 0 Å². The lowest BCUT2D eigenvalue weighted by molar-refractivity contribution is 0.381. The second-order valence-corrected chi connectivity index (χ2v) is 9.06. The molecule has 160 valence electrons. The van der Waals surface area contributed by atoms with Crippen LogP contribution in [0.5, 0.6) is 0 Å². The van der Waals surface area contributed by atoms with Gasteiger partial charge in [0, 0.05) is 17.2 Å². The Hall–Kier alpha value is -2.46. The van der Waals surface area contributed by atoms with E-state index in [9.17, 15) is 8.42 Å². The number of fused-ring (bicyclic) bond motifs is 1. The van der Waals surface area contributed by atoms with E-state index >= 15 is 0 Å². The summed E-state index contributed by atoms with van der Waals surface area (Å²) < 4.78 is 52.3. The molecule has 9 heteroatoms. The van der Waals surface area contributed by atoms with Crippen molar-refractivity contribution in [1.82, 2.24) is 0 Å². The van der Waals surface area contributed by atoms with Crippen molar-refractivity contribution in [3.63, 3.8) is 0 Å². The lowest BCUT2D eigenvalue weighted by Crippen LogP contribution is -2.04. The van der Waals surface area contributed by atoms with Crippen LogP contribution in [-0.4, -0.2) is 37.4 Å². The molecule has 3 aromatic carbocycles. The summed E-state index contributed by atoms with van der Waals surface area (Å²) in [6.45, 7) is 3.30. The van der Waals surface area contributed by atoms with Crippen molar-refractivity contribution in [2.45, 2.75) is 13.8 Å². The Labute approximate surface area is 172 Å². The quantitative estimate of drug-likeness (QED) is 0.405. The number of rotatable bonds is 2. The van der Waals surface area contributed by atoms with Gasteiger partial charge in [-0.2, -0.15) is 8.42 Å². The molecule has 0 bridgehead atoms. The standard InChI is InChI=1S/C10H8.C6H7N.C4H10O2S.H2O4S/c1-2-6-10-8-4-3-7-9(10)5-1;7-6-4-2-1-3-5-6;1-3-7(5,6)4-2;1-5(2,3)4/h1-8H;1-5H,7H2;3-4H2,1-2H3;(H2,1,2,3,4). The zero-order valence-electron chi connectivity index (χ0n) is 16.3. The number of para-hydroxylation sites is 1. The molecule has 4 N–H and O–H groups in total. The summed E-state index contributed by atoms with van der Waals surface area (Å²) in [6.07, 6.45) is 0. The molecular weight excluding hydrogens is 414 g/mol. The predicted molar refractivity (Wildman–Crippen MR) is 119 cm³/mol. The topological polar surface area (TPSA) is 135 Å². The minimum absolute atomic E-state index is 0.267. The number of hydrogen-bond acceptors (Lipinski definition) is 5. The van der Waals surface area contributed by atoms with Crippen LogP contribution in [0.25, 0.3) is 10.8 Å². The number of benzene rings is 3. The van der Waals surface area contributed by atoms with Gasteiger partial charge in [0.05, 0.1) is 0 Å². The summed E-state index contributed by atoms with van der Waals surface area (Å²) in [5.41, 5.74) is 6.18. The minimum Gasteiger partial charge on any atom is -0.399 e. The molecule has 0 saturated heterocycles. The predicted octanol–water partition coefficient (Wildman–Crippen LogP) is 3.90. The summed E-state index contributed by atoms with van der Waals surface area (Å²) in [7, 11) is -7.32. The molecule has 0 saturated carbocycles. The molecule has 0 aliphatic rings. The van der Waals surface area contributed by atoms with Crippen LogP contribution in [0.15, 0.2) is 78.9 Å². The smallest absolute Gasteiger partial charge is 0.394 e.